The molecule has 0 amide bonds. The number of hydrogen-bond acceptors (Lipinski definition) is 4. The van der Waals surface area contributed by atoms with Gasteiger partial charge in [-0.25, -0.2) is 0 Å². The Morgan fingerprint density at radius 1 is 1.29 bits per heavy atom. The van der Waals surface area contributed by atoms with E-state index >= 15 is 0 Å². The third-order valence-corrected chi connectivity index (χ3v) is 4.19. The van der Waals surface area contributed by atoms with Gasteiger partial charge in [-0.1, -0.05) is 35.0 Å². The van der Waals surface area contributed by atoms with Crippen LogP contribution in [0.5, 0.6) is 11.5 Å². The predicted molar refractivity (Wildman–Crippen MR) is 94.2 cm³/mol. The summed E-state index contributed by atoms with van der Waals surface area (Å²) in [7, 11) is 0. The Kier molecular flexibility index (Phi) is 4.53. The maximum absolute atomic E-state index is 12.5. The lowest BCUT2D eigenvalue weighted by molar-refractivity contribution is -0.134. The summed E-state index contributed by atoms with van der Waals surface area (Å²) < 4.78 is 11.9. The van der Waals surface area contributed by atoms with E-state index in [2.05, 4.69) is 15.9 Å². The first kappa shape index (κ1) is 16.5. The normalized spacial score (nSPS) is 14.5. The number of esters is 1. The summed E-state index contributed by atoms with van der Waals surface area (Å²) in [5.41, 5.74) is 1.97. The summed E-state index contributed by atoms with van der Waals surface area (Å²) in [6, 6.07) is 10.8. The van der Waals surface area contributed by atoms with Crippen molar-refractivity contribution in [2.45, 2.75) is 20.3 Å². The van der Waals surface area contributed by atoms with E-state index in [1.54, 1.807) is 32.1 Å². The lowest BCUT2D eigenvalue weighted by atomic mass is 10.1. The number of ether oxygens (including phenoxy) is 2. The molecule has 122 valence electrons. The summed E-state index contributed by atoms with van der Waals surface area (Å²) in [6.45, 7) is 3.50. The third kappa shape index (κ3) is 3.12. The van der Waals surface area contributed by atoms with E-state index in [1.165, 1.54) is 0 Å². The molecule has 0 atom stereocenters. The molecule has 24 heavy (non-hydrogen) atoms. The van der Waals surface area contributed by atoms with Gasteiger partial charge in [0.25, 0.3) is 0 Å². The number of benzene rings is 2. The van der Waals surface area contributed by atoms with Crippen molar-refractivity contribution < 1.29 is 19.1 Å². The molecule has 0 N–H and O–H groups in total. The minimum absolute atomic E-state index is 0.179. The molecular formula is C19H15BrO4. The molecule has 3 rings (SSSR count). The molecule has 0 spiro atoms. The Bertz CT molecular complexity index is 868. The highest BCUT2D eigenvalue weighted by molar-refractivity contribution is 9.10. The fourth-order valence-corrected chi connectivity index (χ4v) is 2.84. The van der Waals surface area contributed by atoms with E-state index in [0.717, 1.165) is 10.0 Å². The lowest BCUT2D eigenvalue weighted by Gasteiger charge is -2.09. The Labute approximate surface area is 148 Å². The van der Waals surface area contributed by atoms with Crippen LogP contribution in [0.2, 0.25) is 0 Å². The van der Waals surface area contributed by atoms with Gasteiger partial charge in [0.1, 0.15) is 11.5 Å². The summed E-state index contributed by atoms with van der Waals surface area (Å²) in [5.74, 6) is 0.610. The Morgan fingerprint density at radius 3 is 2.79 bits per heavy atom. The SMILES string of the molecule is CCC(=O)Oc1ccc2c(c1C)O/C(=C\c1cccc(Br)c1)C2=O. The number of rotatable bonds is 3. The van der Waals surface area contributed by atoms with Crippen LogP contribution < -0.4 is 9.47 Å². The first-order valence-corrected chi connectivity index (χ1v) is 8.33. The second-order valence-corrected chi connectivity index (χ2v) is 6.30. The second kappa shape index (κ2) is 6.61. The topological polar surface area (TPSA) is 52.6 Å². The molecule has 1 aliphatic rings. The molecule has 1 heterocycles. The van der Waals surface area contributed by atoms with E-state index in [-0.39, 0.29) is 23.9 Å². The highest BCUT2D eigenvalue weighted by Gasteiger charge is 2.30. The highest BCUT2D eigenvalue weighted by Crippen LogP contribution is 2.39. The first-order chi connectivity index (χ1) is 11.5. The summed E-state index contributed by atoms with van der Waals surface area (Å²) in [5, 5.41) is 0. The molecule has 2 aromatic carbocycles. The van der Waals surface area contributed by atoms with Gasteiger partial charge in [-0.3, -0.25) is 9.59 Å². The fourth-order valence-electron chi connectivity index (χ4n) is 2.42. The molecule has 0 saturated heterocycles. The molecule has 0 unspecified atom stereocenters. The van der Waals surface area contributed by atoms with Crippen molar-refractivity contribution in [1.29, 1.82) is 0 Å². The van der Waals surface area contributed by atoms with Crippen LogP contribution >= 0.6 is 15.9 Å². The maximum Gasteiger partial charge on any atom is 0.310 e. The number of fused-ring (bicyclic) bond motifs is 1. The van der Waals surface area contributed by atoms with Crippen molar-refractivity contribution in [3.63, 3.8) is 0 Å². The van der Waals surface area contributed by atoms with Crippen LogP contribution in [0.15, 0.2) is 46.6 Å². The van der Waals surface area contributed by atoms with Crippen molar-refractivity contribution >= 4 is 33.8 Å². The first-order valence-electron chi connectivity index (χ1n) is 7.53. The molecule has 0 saturated carbocycles. The summed E-state index contributed by atoms with van der Waals surface area (Å²) >= 11 is 3.40. The van der Waals surface area contributed by atoms with Gasteiger partial charge in [-0.15, -0.1) is 0 Å². The van der Waals surface area contributed by atoms with Crippen LogP contribution in [0.4, 0.5) is 0 Å². The molecule has 4 nitrogen and oxygen atoms in total. The summed E-state index contributed by atoms with van der Waals surface area (Å²) in [6.07, 6.45) is 1.98. The van der Waals surface area contributed by atoms with E-state index in [4.69, 9.17) is 9.47 Å². The van der Waals surface area contributed by atoms with Gasteiger partial charge in [0.15, 0.2) is 5.76 Å². The van der Waals surface area contributed by atoms with Crippen LogP contribution in [0, 0.1) is 6.92 Å². The molecule has 0 aliphatic carbocycles. The zero-order valence-electron chi connectivity index (χ0n) is 13.3. The fraction of sp³-hybridized carbons (Fsp3) is 0.158. The molecule has 0 fully saturated rings. The van der Waals surface area contributed by atoms with Crippen molar-refractivity contribution in [3.05, 3.63) is 63.3 Å². The molecular weight excluding hydrogens is 372 g/mol. The number of carbonyl (C=O) groups excluding carboxylic acids is 2. The number of ketones is 1. The lowest BCUT2D eigenvalue weighted by Crippen LogP contribution is -2.06. The van der Waals surface area contributed by atoms with Crippen LogP contribution in [-0.2, 0) is 4.79 Å². The van der Waals surface area contributed by atoms with E-state index in [1.807, 2.05) is 24.3 Å². The average molecular weight is 387 g/mol. The number of allylic oxidation sites excluding steroid dienone is 1. The second-order valence-electron chi connectivity index (χ2n) is 5.39. The van der Waals surface area contributed by atoms with Crippen LogP contribution in [0.3, 0.4) is 0 Å². The molecule has 0 bridgehead atoms. The van der Waals surface area contributed by atoms with E-state index < -0.39 is 0 Å². The number of halogens is 1. The van der Waals surface area contributed by atoms with Gasteiger partial charge in [0.2, 0.25) is 5.78 Å². The van der Waals surface area contributed by atoms with Crippen molar-refractivity contribution in [3.8, 4) is 11.5 Å². The third-order valence-electron chi connectivity index (χ3n) is 3.70. The van der Waals surface area contributed by atoms with Gasteiger partial charge < -0.3 is 9.47 Å². The largest absolute Gasteiger partial charge is 0.452 e. The molecule has 0 aromatic heterocycles. The summed E-state index contributed by atoms with van der Waals surface area (Å²) in [4.78, 5) is 24.0. The Hall–Kier alpha value is -2.40. The predicted octanol–water partition coefficient (Wildman–Crippen LogP) is 4.69. The molecule has 5 heteroatoms. The Morgan fingerprint density at radius 2 is 2.08 bits per heavy atom. The van der Waals surface area contributed by atoms with E-state index in [0.29, 0.717) is 22.6 Å². The van der Waals surface area contributed by atoms with Crippen LogP contribution in [0.1, 0.15) is 34.8 Å². The zero-order chi connectivity index (χ0) is 17.3. The smallest absolute Gasteiger partial charge is 0.310 e. The van der Waals surface area contributed by atoms with E-state index in [9.17, 15) is 9.59 Å². The van der Waals surface area contributed by atoms with Gasteiger partial charge in [0.05, 0.1) is 5.56 Å². The van der Waals surface area contributed by atoms with Gasteiger partial charge in [-0.05, 0) is 42.8 Å². The minimum atomic E-state index is -0.327. The van der Waals surface area contributed by atoms with Crippen molar-refractivity contribution in [2.24, 2.45) is 0 Å². The molecule has 2 aromatic rings. The monoisotopic (exact) mass is 386 g/mol. The van der Waals surface area contributed by atoms with Gasteiger partial charge in [0, 0.05) is 16.5 Å². The van der Waals surface area contributed by atoms with Crippen molar-refractivity contribution in [2.75, 3.05) is 0 Å². The number of carbonyl (C=O) groups is 2. The van der Waals surface area contributed by atoms with Gasteiger partial charge in [-0.2, -0.15) is 0 Å². The highest BCUT2D eigenvalue weighted by atomic mass is 79.9. The number of hydrogen-bond donors (Lipinski definition) is 0. The molecule has 1 aliphatic heterocycles. The average Bonchev–Trinajstić information content (AvgIpc) is 2.87. The number of Topliss-reactive ketones (excluding diaryl/α,β-unsaturated/α-hetero) is 1. The zero-order valence-corrected chi connectivity index (χ0v) is 14.8. The van der Waals surface area contributed by atoms with Crippen molar-refractivity contribution in [1.82, 2.24) is 0 Å². The Balaban J connectivity index is 1.95. The quantitative estimate of drug-likeness (QED) is 0.436. The minimum Gasteiger partial charge on any atom is -0.452 e. The molecule has 0 radical (unpaired) electrons. The van der Waals surface area contributed by atoms with Gasteiger partial charge >= 0.3 is 5.97 Å². The van der Waals surface area contributed by atoms with Crippen LogP contribution in [-0.4, -0.2) is 11.8 Å². The van der Waals surface area contributed by atoms with Crippen LogP contribution in [0.25, 0.3) is 6.08 Å². The maximum atomic E-state index is 12.5. The standard InChI is InChI=1S/C19H15BrO4/c1-3-17(21)23-15-8-7-14-18(22)16(24-19(14)11(15)2)10-12-5-4-6-13(20)9-12/h4-10H,3H2,1-2H3/b16-10-.